The third-order valence-corrected chi connectivity index (χ3v) is 4.97. The molecule has 1 aromatic carbocycles. The average molecular weight is 307 g/mol. The fourth-order valence-corrected chi connectivity index (χ4v) is 3.79. The summed E-state index contributed by atoms with van der Waals surface area (Å²) in [5.41, 5.74) is 7.88. The van der Waals surface area contributed by atoms with Crippen molar-refractivity contribution in [3.63, 3.8) is 0 Å². The van der Waals surface area contributed by atoms with Crippen LogP contribution in [0.25, 0.3) is 0 Å². The number of hydrogen-bond donors (Lipinski definition) is 1. The van der Waals surface area contributed by atoms with Gasteiger partial charge in [-0.2, -0.15) is 0 Å². The lowest BCUT2D eigenvalue weighted by atomic mass is 9.98. The second-order valence-corrected chi connectivity index (χ2v) is 6.17. The van der Waals surface area contributed by atoms with E-state index in [1.807, 2.05) is 28.5 Å². The first-order valence-electron chi connectivity index (χ1n) is 6.56. The molecule has 5 heteroatoms. The van der Waals surface area contributed by atoms with E-state index in [0.717, 1.165) is 12.1 Å². The molecule has 3 nitrogen and oxygen atoms in total. The maximum absolute atomic E-state index is 12.7. The number of nitrogens with zero attached hydrogens (tertiary/aromatic N) is 1. The van der Waals surface area contributed by atoms with Crippen molar-refractivity contribution < 1.29 is 4.79 Å². The average Bonchev–Trinajstić information content (AvgIpc) is 3.03. The van der Waals surface area contributed by atoms with Crippen molar-refractivity contribution in [1.82, 2.24) is 0 Å². The number of thiophene rings is 1. The molecule has 0 aliphatic carbocycles. The quantitative estimate of drug-likeness (QED) is 0.943. The summed E-state index contributed by atoms with van der Waals surface area (Å²) < 4.78 is 0. The molecular weight excluding hydrogens is 292 g/mol. The molecule has 0 fully saturated rings. The van der Waals surface area contributed by atoms with Crippen molar-refractivity contribution in [2.24, 2.45) is 5.73 Å². The van der Waals surface area contributed by atoms with Gasteiger partial charge in [0, 0.05) is 18.2 Å². The van der Waals surface area contributed by atoms with Crippen molar-refractivity contribution in [1.29, 1.82) is 0 Å². The lowest BCUT2D eigenvalue weighted by molar-refractivity contribution is 0.0992. The molecule has 20 heavy (non-hydrogen) atoms. The van der Waals surface area contributed by atoms with Crippen LogP contribution in [0.2, 0.25) is 5.02 Å². The second-order valence-electron chi connectivity index (χ2n) is 4.85. The third kappa shape index (κ3) is 2.24. The van der Waals surface area contributed by atoms with Crippen molar-refractivity contribution in [2.75, 3.05) is 18.0 Å². The molecule has 0 radical (unpaired) electrons. The molecule has 1 amide bonds. The van der Waals surface area contributed by atoms with Gasteiger partial charge in [0.2, 0.25) is 0 Å². The maximum Gasteiger partial charge on any atom is 0.269 e. The number of halogens is 1. The maximum atomic E-state index is 12.7. The minimum absolute atomic E-state index is 0.0167. The fourth-order valence-electron chi connectivity index (χ4n) is 2.70. The van der Waals surface area contributed by atoms with Crippen molar-refractivity contribution in [3.8, 4) is 0 Å². The van der Waals surface area contributed by atoms with Crippen LogP contribution in [0.15, 0.2) is 35.7 Å². The Labute approximate surface area is 127 Å². The van der Waals surface area contributed by atoms with Gasteiger partial charge in [0.05, 0.1) is 5.02 Å². The van der Waals surface area contributed by atoms with Gasteiger partial charge in [-0.05, 0) is 36.0 Å². The Bertz CT molecular complexity index is 640. The molecule has 1 aromatic heterocycles. The summed E-state index contributed by atoms with van der Waals surface area (Å²) in [6, 6.07) is 9.80. The molecule has 1 atom stereocenters. The zero-order chi connectivity index (χ0) is 14.1. The van der Waals surface area contributed by atoms with Crippen molar-refractivity contribution in [2.45, 2.75) is 12.3 Å². The number of carbonyl (C=O) groups is 1. The number of fused-ring (bicyclic) bond motifs is 1. The van der Waals surface area contributed by atoms with E-state index in [9.17, 15) is 4.79 Å². The van der Waals surface area contributed by atoms with E-state index in [4.69, 9.17) is 17.3 Å². The molecule has 0 saturated heterocycles. The highest BCUT2D eigenvalue weighted by atomic mass is 35.5. The van der Waals surface area contributed by atoms with Crippen LogP contribution in [0.5, 0.6) is 0 Å². The predicted octanol–water partition coefficient (Wildman–Crippen LogP) is 3.49. The summed E-state index contributed by atoms with van der Waals surface area (Å²) in [7, 11) is 0. The smallest absolute Gasteiger partial charge is 0.269 e. The molecule has 2 N–H and O–H groups in total. The van der Waals surface area contributed by atoms with Crippen LogP contribution in [0.1, 0.15) is 27.6 Å². The van der Waals surface area contributed by atoms with Crippen LogP contribution in [0.3, 0.4) is 0 Å². The largest absolute Gasteiger partial charge is 0.330 e. The SMILES string of the molecule is NCCC1CN(C(=O)c2sccc2Cl)c2ccccc21. The molecule has 0 spiro atoms. The second kappa shape index (κ2) is 5.56. The van der Waals surface area contributed by atoms with E-state index in [1.165, 1.54) is 16.9 Å². The molecule has 1 aliphatic heterocycles. The van der Waals surface area contributed by atoms with Gasteiger partial charge in [0.15, 0.2) is 0 Å². The molecule has 2 aromatic rings. The molecular formula is C15H15ClN2OS. The van der Waals surface area contributed by atoms with Crippen LogP contribution in [0.4, 0.5) is 5.69 Å². The van der Waals surface area contributed by atoms with Crippen LogP contribution in [-0.4, -0.2) is 19.0 Å². The number of anilines is 1. The fraction of sp³-hybridized carbons (Fsp3) is 0.267. The van der Waals surface area contributed by atoms with E-state index in [1.54, 1.807) is 6.07 Å². The zero-order valence-electron chi connectivity index (χ0n) is 10.9. The molecule has 1 unspecified atom stereocenters. The standard InChI is InChI=1S/C15H15ClN2OS/c16-12-6-8-20-14(12)15(19)18-9-10(5-7-17)11-3-1-2-4-13(11)18/h1-4,6,8,10H,5,7,9,17H2. The van der Waals surface area contributed by atoms with Gasteiger partial charge in [-0.25, -0.2) is 0 Å². The number of para-hydroxylation sites is 1. The van der Waals surface area contributed by atoms with E-state index in [0.29, 0.717) is 28.9 Å². The first kappa shape index (κ1) is 13.6. The Morgan fingerprint density at radius 1 is 1.40 bits per heavy atom. The summed E-state index contributed by atoms with van der Waals surface area (Å²) in [5.74, 6) is 0.302. The summed E-state index contributed by atoms with van der Waals surface area (Å²) in [5, 5.41) is 2.37. The lowest BCUT2D eigenvalue weighted by Crippen LogP contribution is -2.29. The molecule has 104 valence electrons. The number of nitrogens with two attached hydrogens (primary N) is 1. The summed E-state index contributed by atoms with van der Waals surface area (Å²) >= 11 is 7.47. The Hall–Kier alpha value is -1.36. The number of carbonyl (C=O) groups excluding carboxylic acids is 1. The summed E-state index contributed by atoms with van der Waals surface area (Å²) in [4.78, 5) is 15.1. The molecule has 1 aliphatic rings. The van der Waals surface area contributed by atoms with Gasteiger partial charge in [0.25, 0.3) is 5.91 Å². The first-order chi connectivity index (χ1) is 9.72. The molecule has 0 saturated carbocycles. The van der Waals surface area contributed by atoms with Crippen LogP contribution in [0, 0.1) is 0 Å². The van der Waals surface area contributed by atoms with E-state index < -0.39 is 0 Å². The Kier molecular flexibility index (Phi) is 3.78. The summed E-state index contributed by atoms with van der Waals surface area (Å²) in [6.07, 6.45) is 0.888. The Morgan fingerprint density at radius 3 is 2.90 bits per heavy atom. The van der Waals surface area contributed by atoms with Crippen LogP contribution in [-0.2, 0) is 0 Å². The highest BCUT2D eigenvalue weighted by Crippen LogP contribution is 2.39. The van der Waals surface area contributed by atoms with Gasteiger partial charge in [0.1, 0.15) is 4.88 Å². The summed E-state index contributed by atoms with van der Waals surface area (Å²) in [6.45, 7) is 1.31. The number of rotatable bonds is 3. The zero-order valence-corrected chi connectivity index (χ0v) is 12.5. The number of hydrogen-bond acceptors (Lipinski definition) is 3. The van der Waals surface area contributed by atoms with Gasteiger partial charge in [-0.1, -0.05) is 29.8 Å². The van der Waals surface area contributed by atoms with Gasteiger partial charge in [-0.15, -0.1) is 11.3 Å². The topological polar surface area (TPSA) is 46.3 Å². The minimum Gasteiger partial charge on any atom is -0.330 e. The van der Waals surface area contributed by atoms with Gasteiger partial charge < -0.3 is 10.6 Å². The number of benzene rings is 1. The molecule has 2 heterocycles. The highest BCUT2D eigenvalue weighted by Gasteiger charge is 2.33. The van der Waals surface area contributed by atoms with Gasteiger partial charge >= 0.3 is 0 Å². The van der Waals surface area contributed by atoms with Gasteiger partial charge in [-0.3, -0.25) is 4.79 Å². The highest BCUT2D eigenvalue weighted by molar-refractivity contribution is 7.12. The number of amides is 1. The Morgan fingerprint density at radius 2 is 2.20 bits per heavy atom. The van der Waals surface area contributed by atoms with Crippen LogP contribution < -0.4 is 10.6 Å². The van der Waals surface area contributed by atoms with Crippen molar-refractivity contribution >= 4 is 34.5 Å². The molecule has 3 rings (SSSR count). The Balaban J connectivity index is 1.96. The van der Waals surface area contributed by atoms with E-state index in [2.05, 4.69) is 6.07 Å². The van der Waals surface area contributed by atoms with E-state index >= 15 is 0 Å². The first-order valence-corrected chi connectivity index (χ1v) is 7.82. The monoisotopic (exact) mass is 306 g/mol. The van der Waals surface area contributed by atoms with Crippen molar-refractivity contribution in [3.05, 3.63) is 51.2 Å². The predicted molar refractivity (Wildman–Crippen MR) is 83.9 cm³/mol. The third-order valence-electron chi connectivity index (χ3n) is 3.64. The van der Waals surface area contributed by atoms with Crippen LogP contribution >= 0.6 is 22.9 Å². The normalized spacial score (nSPS) is 17.3. The van der Waals surface area contributed by atoms with E-state index in [-0.39, 0.29) is 5.91 Å². The minimum atomic E-state index is -0.0167. The lowest BCUT2D eigenvalue weighted by Gasteiger charge is -2.17. The molecule has 0 bridgehead atoms.